The molecule has 1 heterocycles. The molecule has 0 bridgehead atoms. The number of hydrogen-bond donors (Lipinski definition) is 3. The Kier molecular flexibility index (Phi) is 5.30. The highest BCUT2D eigenvalue weighted by molar-refractivity contribution is 7.10. The summed E-state index contributed by atoms with van der Waals surface area (Å²) < 4.78 is 0. The van der Waals surface area contributed by atoms with Crippen LogP contribution >= 0.6 is 11.3 Å². The first kappa shape index (κ1) is 14.7. The summed E-state index contributed by atoms with van der Waals surface area (Å²) in [6, 6.07) is 1.87. The average Bonchev–Trinajstić information content (AvgIpc) is 2.79. The summed E-state index contributed by atoms with van der Waals surface area (Å²) in [5.41, 5.74) is 5.77. The highest BCUT2D eigenvalue weighted by Crippen LogP contribution is 2.17. The number of hydrogen-bond acceptors (Lipinski definition) is 4. The van der Waals surface area contributed by atoms with Gasteiger partial charge in [0.25, 0.3) is 0 Å². The molecule has 0 spiro atoms. The standard InChI is InChI=1S/C12H18N2O3S/c1-7(2)6-8(12(16)17)14-11(15)10(13)9-4-3-5-18-9/h3-5,7-8,10H,6,13H2,1-2H3,(H,14,15)(H,16,17)/t8-,10?/m0/s1. The number of carbonyl (C=O) groups is 2. The number of carbonyl (C=O) groups excluding carboxylic acids is 1. The second-order valence-corrected chi connectivity index (χ2v) is 5.50. The first-order valence-electron chi connectivity index (χ1n) is 5.74. The molecular weight excluding hydrogens is 252 g/mol. The van der Waals surface area contributed by atoms with Crippen molar-refractivity contribution in [3.8, 4) is 0 Å². The van der Waals surface area contributed by atoms with Crippen molar-refractivity contribution in [3.05, 3.63) is 22.4 Å². The number of aliphatic carboxylic acids is 1. The summed E-state index contributed by atoms with van der Waals surface area (Å²) in [6.07, 6.45) is 0.387. The molecule has 5 nitrogen and oxygen atoms in total. The maximum absolute atomic E-state index is 11.8. The molecule has 1 aromatic rings. The first-order chi connectivity index (χ1) is 8.41. The van der Waals surface area contributed by atoms with E-state index >= 15 is 0 Å². The van der Waals surface area contributed by atoms with Gasteiger partial charge < -0.3 is 16.2 Å². The van der Waals surface area contributed by atoms with E-state index in [1.807, 2.05) is 19.2 Å². The lowest BCUT2D eigenvalue weighted by Crippen LogP contribution is -2.45. The van der Waals surface area contributed by atoms with Crippen LogP contribution in [0.4, 0.5) is 0 Å². The Bertz CT molecular complexity index is 403. The molecule has 0 saturated carbocycles. The van der Waals surface area contributed by atoms with Crippen molar-refractivity contribution < 1.29 is 14.7 Å². The molecule has 0 aromatic carbocycles. The minimum atomic E-state index is -1.03. The predicted molar refractivity (Wildman–Crippen MR) is 70.3 cm³/mol. The first-order valence-corrected chi connectivity index (χ1v) is 6.62. The van der Waals surface area contributed by atoms with E-state index in [0.717, 1.165) is 4.88 Å². The molecule has 0 aliphatic rings. The van der Waals surface area contributed by atoms with Gasteiger partial charge in [-0.1, -0.05) is 19.9 Å². The lowest BCUT2D eigenvalue weighted by Gasteiger charge is -2.18. The highest BCUT2D eigenvalue weighted by atomic mass is 32.1. The van der Waals surface area contributed by atoms with Gasteiger partial charge in [-0.15, -0.1) is 11.3 Å². The molecule has 6 heteroatoms. The summed E-state index contributed by atoms with van der Waals surface area (Å²) in [5.74, 6) is -1.30. The fraction of sp³-hybridized carbons (Fsp3) is 0.500. The Labute approximate surface area is 110 Å². The Balaban J connectivity index is 2.64. The van der Waals surface area contributed by atoms with Crippen LogP contribution in [0.5, 0.6) is 0 Å². The molecule has 0 fully saturated rings. The quantitative estimate of drug-likeness (QED) is 0.727. The molecule has 100 valence electrons. The Morgan fingerprint density at radius 1 is 1.50 bits per heavy atom. The molecule has 1 rings (SSSR count). The van der Waals surface area contributed by atoms with Crippen molar-refractivity contribution in [1.29, 1.82) is 0 Å². The van der Waals surface area contributed by atoms with Gasteiger partial charge in [-0.3, -0.25) is 4.79 Å². The fourth-order valence-electron chi connectivity index (χ4n) is 1.55. The molecule has 2 atom stereocenters. The second-order valence-electron chi connectivity index (χ2n) is 4.52. The van der Waals surface area contributed by atoms with E-state index < -0.39 is 24.0 Å². The number of rotatable bonds is 6. The molecule has 0 aliphatic carbocycles. The highest BCUT2D eigenvalue weighted by Gasteiger charge is 2.25. The number of nitrogens with two attached hydrogens (primary N) is 1. The summed E-state index contributed by atoms with van der Waals surface area (Å²) in [7, 11) is 0. The van der Waals surface area contributed by atoms with Crippen LogP contribution in [0, 0.1) is 5.92 Å². The van der Waals surface area contributed by atoms with E-state index in [2.05, 4.69) is 5.32 Å². The predicted octanol–water partition coefficient (Wildman–Crippen LogP) is 1.36. The van der Waals surface area contributed by atoms with Crippen molar-refractivity contribution in [2.45, 2.75) is 32.4 Å². The van der Waals surface area contributed by atoms with E-state index in [4.69, 9.17) is 10.8 Å². The van der Waals surface area contributed by atoms with Crippen molar-refractivity contribution in [1.82, 2.24) is 5.32 Å². The van der Waals surface area contributed by atoms with Gasteiger partial charge in [0.2, 0.25) is 5.91 Å². The van der Waals surface area contributed by atoms with Crippen molar-refractivity contribution in [2.24, 2.45) is 11.7 Å². The number of carboxylic acids is 1. The SMILES string of the molecule is CC(C)C[C@H](NC(=O)C(N)c1cccs1)C(=O)O. The van der Waals surface area contributed by atoms with E-state index in [9.17, 15) is 9.59 Å². The maximum atomic E-state index is 11.8. The van der Waals surface area contributed by atoms with Crippen molar-refractivity contribution >= 4 is 23.2 Å². The lowest BCUT2D eigenvalue weighted by molar-refractivity contribution is -0.142. The smallest absolute Gasteiger partial charge is 0.326 e. The number of amides is 1. The third-order valence-corrected chi connectivity index (χ3v) is 3.41. The minimum absolute atomic E-state index is 0.185. The molecule has 18 heavy (non-hydrogen) atoms. The molecule has 1 unspecified atom stereocenters. The molecule has 1 aromatic heterocycles. The minimum Gasteiger partial charge on any atom is -0.480 e. The Morgan fingerprint density at radius 3 is 2.61 bits per heavy atom. The van der Waals surface area contributed by atoms with Gasteiger partial charge in [0.05, 0.1) is 0 Å². The summed E-state index contributed by atoms with van der Waals surface area (Å²) in [4.78, 5) is 23.6. The number of thiophene rings is 1. The molecule has 4 N–H and O–H groups in total. The van der Waals surface area contributed by atoms with Crippen LogP contribution in [0.15, 0.2) is 17.5 Å². The summed E-state index contributed by atoms with van der Waals surface area (Å²) in [5, 5.41) is 13.3. The maximum Gasteiger partial charge on any atom is 0.326 e. The van der Waals surface area contributed by atoms with Gasteiger partial charge in [-0.05, 0) is 23.8 Å². The van der Waals surface area contributed by atoms with Gasteiger partial charge in [0, 0.05) is 4.88 Å². The van der Waals surface area contributed by atoms with E-state index in [1.165, 1.54) is 11.3 Å². The Hall–Kier alpha value is -1.40. The molecule has 0 radical (unpaired) electrons. The van der Waals surface area contributed by atoms with Crippen LogP contribution < -0.4 is 11.1 Å². The third-order valence-electron chi connectivity index (χ3n) is 2.45. The topological polar surface area (TPSA) is 92.4 Å². The lowest BCUT2D eigenvalue weighted by atomic mass is 10.0. The van der Waals surface area contributed by atoms with Crippen molar-refractivity contribution in [2.75, 3.05) is 0 Å². The zero-order valence-corrected chi connectivity index (χ0v) is 11.2. The molecule has 1 amide bonds. The normalized spacial score (nSPS) is 14.2. The summed E-state index contributed by atoms with van der Waals surface area (Å²) >= 11 is 1.38. The van der Waals surface area contributed by atoms with E-state index in [-0.39, 0.29) is 5.92 Å². The number of carboxylic acid groups (broad SMARTS) is 1. The van der Waals surface area contributed by atoms with Gasteiger partial charge >= 0.3 is 5.97 Å². The monoisotopic (exact) mass is 270 g/mol. The van der Waals surface area contributed by atoms with Crippen LogP contribution in [0.1, 0.15) is 31.2 Å². The zero-order valence-electron chi connectivity index (χ0n) is 10.4. The summed E-state index contributed by atoms with van der Waals surface area (Å²) in [6.45, 7) is 3.81. The van der Waals surface area contributed by atoms with Gasteiger partial charge in [0.1, 0.15) is 12.1 Å². The van der Waals surface area contributed by atoms with Crippen LogP contribution in [0.2, 0.25) is 0 Å². The molecule has 0 aliphatic heterocycles. The zero-order chi connectivity index (χ0) is 13.7. The van der Waals surface area contributed by atoms with Gasteiger partial charge in [0.15, 0.2) is 0 Å². The third kappa shape index (κ3) is 4.12. The van der Waals surface area contributed by atoms with Crippen LogP contribution in [0.3, 0.4) is 0 Å². The van der Waals surface area contributed by atoms with E-state index in [1.54, 1.807) is 12.1 Å². The Morgan fingerprint density at radius 2 is 2.17 bits per heavy atom. The van der Waals surface area contributed by atoms with Crippen LogP contribution in [-0.4, -0.2) is 23.0 Å². The fourth-order valence-corrected chi connectivity index (χ4v) is 2.28. The largest absolute Gasteiger partial charge is 0.480 e. The van der Waals surface area contributed by atoms with Gasteiger partial charge in [-0.25, -0.2) is 4.79 Å². The van der Waals surface area contributed by atoms with Crippen molar-refractivity contribution in [3.63, 3.8) is 0 Å². The molecule has 0 saturated heterocycles. The van der Waals surface area contributed by atoms with Gasteiger partial charge in [-0.2, -0.15) is 0 Å². The van der Waals surface area contributed by atoms with Crippen LogP contribution in [-0.2, 0) is 9.59 Å². The van der Waals surface area contributed by atoms with Crippen LogP contribution in [0.25, 0.3) is 0 Å². The van der Waals surface area contributed by atoms with E-state index in [0.29, 0.717) is 6.42 Å². The second kappa shape index (κ2) is 6.51. The number of nitrogens with one attached hydrogen (secondary N) is 1. The average molecular weight is 270 g/mol. The molecular formula is C12H18N2O3S.